The minimum Gasteiger partial charge on any atom is -0.396 e. The third-order valence-electron chi connectivity index (χ3n) is 4.14. The summed E-state index contributed by atoms with van der Waals surface area (Å²) in [6.07, 6.45) is 3.58. The van der Waals surface area contributed by atoms with Crippen LogP contribution < -0.4 is 10.5 Å². The van der Waals surface area contributed by atoms with E-state index < -0.39 is 0 Å². The third-order valence-corrected chi connectivity index (χ3v) is 4.14. The van der Waals surface area contributed by atoms with Crippen LogP contribution in [0.15, 0.2) is 11.0 Å². The number of piperidine rings is 1. The molecule has 1 aliphatic rings. The minimum absolute atomic E-state index is 0.165. The molecule has 1 saturated heterocycles. The first-order chi connectivity index (χ1) is 10.4. The Balaban J connectivity index is 2.06. The Morgan fingerprint density at radius 2 is 2.23 bits per heavy atom. The van der Waals surface area contributed by atoms with E-state index in [1.165, 1.54) is 0 Å². The Morgan fingerprint density at radius 1 is 1.45 bits per heavy atom. The highest BCUT2D eigenvalue weighted by Gasteiger charge is 2.24. The summed E-state index contributed by atoms with van der Waals surface area (Å²) in [5.74, 6) is 0.809. The van der Waals surface area contributed by atoms with Crippen molar-refractivity contribution in [3.05, 3.63) is 16.6 Å². The topological polar surface area (TPSA) is 87.0 Å². The maximum absolute atomic E-state index is 12.3. The molecule has 1 fully saturated rings. The Morgan fingerprint density at radius 3 is 2.91 bits per heavy atom. The summed E-state index contributed by atoms with van der Waals surface area (Å²) in [6.45, 7) is 7.83. The molecule has 0 amide bonds. The number of hydrogen-bond donors (Lipinski definition) is 2. The van der Waals surface area contributed by atoms with Crippen LogP contribution in [0.2, 0.25) is 0 Å². The molecule has 2 N–H and O–H groups in total. The molecular weight excluding hydrogens is 282 g/mol. The van der Waals surface area contributed by atoms with Crippen molar-refractivity contribution in [3.8, 4) is 0 Å². The third kappa shape index (κ3) is 2.61. The summed E-state index contributed by atoms with van der Waals surface area (Å²) in [5, 5.41) is 14.2. The zero-order valence-electron chi connectivity index (χ0n) is 13.3. The van der Waals surface area contributed by atoms with Crippen molar-refractivity contribution >= 4 is 17.0 Å². The number of anilines is 1. The largest absolute Gasteiger partial charge is 0.396 e. The van der Waals surface area contributed by atoms with Crippen molar-refractivity contribution < 1.29 is 5.11 Å². The number of hydrogen-bond acceptors (Lipinski definition) is 5. The summed E-state index contributed by atoms with van der Waals surface area (Å²) < 4.78 is 1.79. The lowest BCUT2D eigenvalue weighted by atomic mass is 9.99. The van der Waals surface area contributed by atoms with Crippen LogP contribution in [-0.4, -0.2) is 44.6 Å². The molecule has 7 nitrogen and oxygen atoms in total. The standard InChI is InChI=1S/C15H23N5O2/c1-15(2,3)20-12-11(7-16-20)13(22)18-14(17-12)19-6-4-5-10(8-19)9-21/h7,10,21H,4-6,8-9H2,1-3H3,(H,17,18,22). The average molecular weight is 305 g/mol. The van der Waals surface area contributed by atoms with Crippen molar-refractivity contribution in [2.75, 3.05) is 24.6 Å². The van der Waals surface area contributed by atoms with Gasteiger partial charge in [-0.05, 0) is 39.5 Å². The Kier molecular flexibility index (Phi) is 3.68. The molecule has 120 valence electrons. The molecule has 0 spiro atoms. The monoisotopic (exact) mass is 305 g/mol. The van der Waals surface area contributed by atoms with Crippen molar-refractivity contribution in [1.29, 1.82) is 0 Å². The Bertz CT molecular complexity index is 728. The lowest BCUT2D eigenvalue weighted by Gasteiger charge is -2.32. The fraction of sp³-hybridized carbons (Fsp3) is 0.667. The van der Waals surface area contributed by atoms with Crippen molar-refractivity contribution in [2.24, 2.45) is 5.92 Å². The van der Waals surface area contributed by atoms with E-state index in [-0.39, 0.29) is 23.6 Å². The summed E-state index contributed by atoms with van der Waals surface area (Å²) >= 11 is 0. The van der Waals surface area contributed by atoms with Crippen LogP contribution in [0.4, 0.5) is 5.95 Å². The van der Waals surface area contributed by atoms with Gasteiger partial charge >= 0.3 is 0 Å². The van der Waals surface area contributed by atoms with E-state index in [0.29, 0.717) is 23.5 Å². The predicted octanol–water partition coefficient (Wildman–Crippen LogP) is 1.08. The van der Waals surface area contributed by atoms with Gasteiger partial charge < -0.3 is 10.0 Å². The minimum atomic E-state index is -0.241. The van der Waals surface area contributed by atoms with Crippen LogP contribution in [0.1, 0.15) is 33.6 Å². The van der Waals surface area contributed by atoms with Crippen LogP contribution in [0, 0.1) is 5.92 Å². The fourth-order valence-corrected chi connectivity index (χ4v) is 2.95. The second-order valence-electron chi connectivity index (χ2n) is 6.99. The molecule has 1 aliphatic heterocycles. The highest BCUT2D eigenvalue weighted by Crippen LogP contribution is 2.22. The van der Waals surface area contributed by atoms with Gasteiger partial charge in [0, 0.05) is 19.7 Å². The average Bonchev–Trinajstić information content (AvgIpc) is 2.92. The van der Waals surface area contributed by atoms with Gasteiger partial charge in [0.2, 0.25) is 5.95 Å². The number of nitrogens with one attached hydrogen (secondary N) is 1. The number of aliphatic hydroxyl groups excluding tert-OH is 1. The molecule has 0 radical (unpaired) electrons. The fourth-order valence-electron chi connectivity index (χ4n) is 2.95. The van der Waals surface area contributed by atoms with E-state index in [9.17, 15) is 9.90 Å². The molecular formula is C15H23N5O2. The number of fused-ring (bicyclic) bond motifs is 1. The molecule has 7 heteroatoms. The SMILES string of the molecule is CC(C)(C)n1ncc2c(=O)[nH]c(N3CCCC(CO)C3)nc21. The van der Waals surface area contributed by atoms with Gasteiger partial charge in [0.15, 0.2) is 5.65 Å². The predicted molar refractivity (Wildman–Crippen MR) is 85.2 cm³/mol. The molecule has 0 saturated carbocycles. The van der Waals surface area contributed by atoms with Gasteiger partial charge in [-0.3, -0.25) is 9.78 Å². The zero-order valence-corrected chi connectivity index (χ0v) is 13.3. The summed E-state index contributed by atoms with van der Waals surface area (Å²) in [5.41, 5.74) is 0.203. The van der Waals surface area contributed by atoms with Crippen molar-refractivity contribution in [3.63, 3.8) is 0 Å². The Labute approximate surface area is 129 Å². The van der Waals surface area contributed by atoms with Crippen LogP contribution in [0.5, 0.6) is 0 Å². The smallest absolute Gasteiger partial charge is 0.263 e. The lowest BCUT2D eigenvalue weighted by molar-refractivity contribution is 0.208. The molecule has 3 heterocycles. The molecule has 2 aromatic heterocycles. The van der Waals surface area contributed by atoms with Gasteiger partial charge in [-0.2, -0.15) is 10.1 Å². The van der Waals surface area contributed by atoms with Gasteiger partial charge in [-0.25, -0.2) is 4.68 Å². The van der Waals surface area contributed by atoms with Crippen molar-refractivity contribution in [1.82, 2.24) is 19.7 Å². The van der Waals surface area contributed by atoms with Crippen LogP contribution in [0.25, 0.3) is 11.0 Å². The molecule has 1 atom stereocenters. The van der Waals surface area contributed by atoms with Gasteiger partial charge in [-0.1, -0.05) is 0 Å². The maximum atomic E-state index is 12.3. The van der Waals surface area contributed by atoms with Crippen LogP contribution >= 0.6 is 0 Å². The van der Waals surface area contributed by atoms with Crippen LogP contribution in [-0.2, 0) is 5.54 Å². The van der Waals surface area contributed by atoms with Crippen LogP contribution in [0.3, 0.4) is 0 Å². The summed E-state index contributed by atoms with van der Waals surface area (Å²) in [4.78, 5) is 21.9. The van der Waals surface area contributed by atoms with E-state index in [0.717, 1.165) is 19.4 Å². The maximum Gasteiger partial charge on any atom is 0.263 e. The molecule has 0 aromatic carbocycles. The van der Waals surface area contributed by atoms with E-state index in [2.05, 4.69) is 15.1 Å². The number of nitrogens with zero attached hydrogens (tertiary/aromatic N) is 4. The number of rotatable bonds is 2. The molecule has 0 bridgehead atoms. The highest BCUT2D eigenvalue weighted by molar-refractivity contribution is 5.74. The first-order valence-corrected chi connectivity index (χ1v) is 7.74. The van der Waals surface area contributed by atoms with Gasteiger partial charge in [0.1, 0.15) is 5.39 Å². The quantitative estimate of drug-likeness (QED) is 0.867. The summed E-state index contributed by atoms with van der Waals surface area (Å²) in [7, 11) is 0. The van der Waals surface area contributed by atoms with Gasteiger partial charge in [0.25, 0.3) is 5.56 Å². The van der Waals surface area contributed by atoms with E-state index in [4.69, 9.17) is 0 Å². The lowest BCUT2D eigenvalue weighted by Crippen LogP contribution is -2.38. The molecule has 3 rings (SSSR count). The van der Waals surface area contributed by atoms with E-state index in [1.807, 2.05) is 25.7 Å². The second-order valence-corrected chi connectivity index (χ2v) is 6.99. The number of aromatic nitrogens is 4. The molecule has 2 aromatic rings. The molecule has 0 aliphatic carbocycles. The number of aliphatic hydroxyl groups is 1. The van der Waals surface area contributed by atoms with Gasteiger partial charge in [0.05, 0.1) is 11.7 Å². The van der Waals surface area contributed by atoms with E-state index >= 15 is 0 Å². The first-order valence-electron chi connectivity index (χ1n) is 7.74. The Hall–Kier alpha value is -1.89. The normalized spacial score (nSPS) is 19.8. The molecule has 1 unspecified atom stereocenters. The van der Waals surface area contributed by atoms with E-state index in [1.54, 1.807) is 10.9 Å². The summed E-state index contributed by atoms with van der Waals surface area (Å²) in [6, 6.07) is 0. The number of aromatic amines is 1. The molecule has 22 heavy (non-hydrogen) atoms. The zero-order chi connectivity index (χ0) is 15.9. The highest BCUT2D eigenvalue weighted by atomic mass is 16.3. The van der Waals surface area contributed by atoms with Gasteiger partial charge in [-0.15, -0.1) is 0 Å². The number of H-pyrrole nitrogens is 1. The second kappa shape index (κ2) is 5.39. The van der Waals surface area contributed by atoms with Crippen molar-refractivity contribution in [2.45, 2.75) is 39.2 Å². The first kappa shape index (κ1) is 15.0.